The van der Waals surface area contributed by atoms with Crippen LogP contribution in [0.2, 0.25) is 0 Å². The van der Waals surface area contributed by atoms with Crippen molar-refractivity contribution < 1.29 is 4.79 Å². The summed E-state index contributed by atoms with van der Waals surface area (Å²) in [5, 5.41) is 0. The average molecular weight is 225 g/mol. The van der Waals surface area contributed by atoms with E-state index in [0.717, 1.165) is 35.5 Å². The molecular weight excluding hydrogens is 210 g/mol. The second-order valence-corrected chi connectivity index (χ2v) is 6.32. The van der Waals surface area contributed by atoms with Crippen molar-refractivity contribution in [3.63, 3.8) is 0 Å². The van der Waals surface area contributed by atoms with Crippen molar-refractivity contribution in [2.45, 2.75) is 24.7 Å². The van der Waals surface area contributed by atoms with E-state index < -0.39 is 0 Å². The standard InChI is InChI=1S/C15H15NO/c16-15(17)6-1-2-9-10(5-6)11-7-3-4-8(7)12-13(9)14(11)12/h1-2,5,7-8,11-14H,3-4H2,(H2,16,17). The molecule has 0 bridgehead atoms. The van der Waals surface area contributed by atoms with E-state index >= 15 is 0 Å². The van der Waals surface area contributed by atoms with Gasteiger partial charge in [0.05, 0.1) is 0 Å². The lowest BCUT2D eigenvalue weighted by molar-refractivity contribution is 0.1000. The molecule has 6 unspecified atom stereocenters. The van der Waals surface area contributed by atoms with Crippen LogP contribution in [0.4, 0.5) is 0 Å². The van der Waals surface area contributed by atoms with Gasteiger partial charge in [0, 0.05) is 5.56 Å². The molecule has 5 rings (SSSR count). The zero-order valence-electron chi connectivity index (χ0n) is 9.60. The zero-order chi connectivity index (χ0) is 11.3. The smallest absolute Gasteiger partial charge is 0.248 e. The lowest BCUT2D eigenvalue weighted by Gasteiger charge is -2.36. The molecule has 0 radical (unpaired) electrons. The van der Waals surface area contributed by atoms with Crippen molar-refractivity contribution in [1.29, 1.82) is 0 Å². The maximum Gasteiger partial charge on any atom is 0.248 e. The molecule has 3 saturated carbocycles. The highest BCUT2D eigenvalue weighted by Crippen LogP contribution is 2.81. The number of fused-ring (bicyclic) bond motifs is 7. The molecule has 0 spiro atoms. The number of rotatable bonds is 1. The van der Waals surface area contributed by atoms with E-state index in [0.29, 0.717) is 5.56 Å². The van der Waals surface area contributed by atoms with Gasteiger partial charge in [-0.1, -0.05) is 6.07 Å². The molecule has 1 aromatic carbocycles. The van der Waals surface area contributed by atoms with Gasteiger partial charge in [-0.3, -0.25) is 4.79 Å². The van der Waals surface area contributed by atoms with E-state index in [4.69, 9.17) is 5.73 Å². The maximum atomic E-state index is 11.3. The molecule has 2 N–H and O–H groups in total. The van der Waals surface area contributed by atoms with Crippen LogP contribution in [-0.4, -0.2) is 5.91 Å². The van der Waals surface area contributed by atoms with Crippen LogP contribution in [0.15, 0.2) is 18.2 Å². The molecule has 3 fully saturated rings. The van der Waals surface area contributed by atoms with Crippen LogP contribution in [0.5, 0.6) is 0 Å². The highest BCUT2D eigenvalue weighted by molar-refractivity contribution is 5.93. The molecule has 2 nitrogen and oxygen atoms in total. The summed E-state index contributed by atoms with van der Waals surface area (Å²) >= 11 is 0. The SMILES string of the molecule is NC(=O)c1ccc2c(c1)C1C3CCC3C3C2C13. The summed E-state index contributed by atoms with van der Waals surface area (Å²) in [4.78, 5) is 11.3. The Hall–Kier alpha value is -1.31. The summed E-state index contributed by atoms with van der Waals surface area (Å²) < 4.78 is 0. The van der Waals surface area contributed by atoms with Gasteiger partial charge in [-0.15, -0.1) is 0 Å². The third kappa shape index (κ3) is 0.791. The molecule has 4 aliphatic carbocycles. The van der Waals surface area contributed by atoms with Gasteiger partial charge in [0.15, 0.2) is 0 Å². The van der Waals surface area contributed by atoms with Gasteiger partial charge in [0.1, 0.15) is 0 Å². The van der Waals surface area contributed by atoms with Crippen LogP contribution in [0.25, 0.3) is 0 Å². The second-order valence-electron chi connectivity index (χ2n) is 6.32. The zero-order valence-corrected chi connectivity index (χ0v) is 9.60. The summed E-state index contributed by atoms with van der Waals surface area (Å²) in [7, 11) is 0. The van der Waals surface area contributed by atoms with Crippen molar-refractivity contribution in [3.8, 4) is 0 Å². The maximum absolute atomic E-state index is 11.3. The molecule has 86 valence electrons. The summed E-state index contributed by atoms with van der Waals surface area (Å²) in [6, 6.07) is 6.19. The van der Waals surface area contributed by atoms with Crippen LogP contribution in [0, 0.1) is 23.7 Å². The number of primary amides is 1. The normalized spacial score (nSPS) is 46.8. The van der Waals surface area contributed by atoms with Crippen LogP contribution in [-0.2, 0) is 0 Å². The summed E-state index contributed by atoms with van der Waals surface area (Å²) in [6.07, 6.45) is 2.87. The number of amides is 1. The fourth-order valence-corrected chi connectivity index (χ4v) is 5.31. The van der Waals surface area contributed by atoms with Crippen molar-refractivity contribution in [2.75, 3.05) is 0 Å². The number of nitrogens with two attached hydrogens (primary N) is 1. The Morgan fingerprint density at radius 1 is 1.06 bits per heavy atom. The topological polar surface area (TPSA) is 43.1 Å². The minimum Gasteiger partial charge on any atom is -0.366 e. The first-order valence-electron chi connectivity index (χ1n) is 6.71. The van der Waals surface area contributed by atoms with Gasteiger partial charge in [-0.2, -0.15) is 0 Å². The van der Waals surface area contributed by atoms with Crippen LogP contribution in [0.3, 0.4) is 0 Å². The molecule has 1 aromatic rings. The van der Waals surface area contributed by atoms with Gasteiger partial charge in [-0.05, 0) is 71.6 Å². The quantitative estimate of drug-likeness (QED) is 0.782. The number of hydrogen-bond acceptors (Lipinski definition) is 1. The van der Waals surface area contributed by atoms with Crippen molar-refractivity contribution in [1.82, 2.24) is 0 Å². The van der Waals surface area contributed by atoms with Gasteiger partial charge in [0.2, 0.25) is 5.91 Å². The Morgan fingerprint density at radius 2 is 1.88 bits per heavy atom. The summed E-state index contributed by atoms with van der Waals surface area (Å²) in [5.74, 6) is 5.23. The largest absolute Gasteiger partial charge is 0.366 e. The minimum atomic E-state index is -0.284. The third-order valence-electron chi connectivity index (χ3n) is 5.98. The molecule has 4 aliphatic rings. The monoisotopic (exact) mass is 225 g/mol. The van der Waals surface area contributed by atoms with Crippen molar-refractivity contribution >= 4 is 5.91 Å². The molecule has 6 atom stereocenters. The van der Waals surface area contributed by atoms with Crippen LogP contribution >= 0.6 is 0 Å². The Morgan fingerprint density at radius 3 is 2.59 bits per heavy atom. The number of hydrogen-bond donors (Lipinski definition) is 1. The number of carbonyl (C=O) groups excluding carboxylic acids is 1. The van der Waals surface area contributed by atoms with E-state index in [2.05, 4.69) is 12.1 Å². The first kappa shape index (κ1) is 8.73. The van der Waals surface area contributed by atoms with Crippen LogP contribution in [0.1, 0.15) is 46.2 Å². The Labute approximate surface area is 100 Å². The average Bonchev–Trinajstić information content (AvgIpc) is 2.81. The van der Waals surface area contributed by atoms with E-state index in [1.54, 1.807) is 5.56 Å². The first-order chi connectivity index (χ1) is 8.27. The molecule has 0 aromatic heterocycles. The van der Waals surface area contributed by atoms with Gasteiger partial charge in [-0.25, -0.2) is 0 Å². The van der Waals surface area contributed by atoms with E-state index in [1.165, 1.54) is 18.4 Å². The predicted octanol–water partition coefficient (Wildman–Crippen LogP) is 2.25. The van der Waals surface area contributed by atoms with Crippen molar-refractivity contribution in [2.24, 2.45) is 29.4 Å². The highest BCUT2D eigenvalue weighted by Gasteiger charge is 2.73. The molecule has 17 heavy (non-hydrogen) atoms. The predicted molar refractivity (Wildman–Crippen MR) is 63.6 cm³/mol. The first-order valence-corrected chi connectivity index (χ1v) is 6.71. The Balaban J connectivity index is 1.69. The summed E-state index contributed by atoms with van der Waals surface area (Å²) in [5.41, 5.74) is 9.10. The van der Waals surface area contributed by atoms with E-state index in [9.17, 15) is 4.79 Å². The molecule has 2 heteroatoms. The fraction of sp³-hybridized carbons (Fsp3) is 0.533. The molecule has 0 heterocycles. The number of carbonyl (C=O) groups is 1. The summed E-state index contributed by atoms with van der Waals surface area (Å²) in [6.45, 7) is 0. The lowest BCUT2D eigenvalue weighted by atomic mass is 9.69. The van der Waals surface area contributed by atoms with Crippen molar-refractivity contribution in [3.05, 3.63) is 34.9 Å². The third-order valence-corrected chi connectivity index (χ3v) is 5.98. The second kappa shape index (κ2) is 2.43. The van der Waals surface area contributed by atoms with Crippen LogP contribution < -0.4 is 5.73 Å². The molecule has 0 saturated heterocycles. The molecular formula is C15H15NO. The minimum absolute atomic E-state index is 0.284. The van der Waals surface area contributed by atoms with Gasteiger partial charge < -0.3 is 5.73 Å². The lowest BCUT2D eigenvalue weighted by Crippen LogP contribution is -2.27. The Bertz CT molecular complexity index is 564. The number of benzene rings is 1. The molecule has 1 amide bonds. The molecule has 0 aliphatic heterocycles. The van der Waals surface area contributed by atoms with Gasteiger partial charge >= 0.3 is 0 Å². The van der Waals surface area contributed by atoms with Gasteiger partial charge in [0.25, 0.3) is 0 Å². The van der Waals surface area contributed by atoms with E-state index in [-0.39, 0.29) is 5.91 Å². The fourth-order valence-electron chi connectivity index (χ4n) is 5.31. The highest BCUT2D eigenvalue weighted by atomic mass is 16.1. The van der Waals surface area contributed by atoms with E-state index in [1.807, 2.05) is 6.07 Å². The Kier molecular flexibility index (Phi) is 1.25.